The summed E-state index contributed by atoms with van der Waals surface area (Å²) in [6.07, 6.45) is 2.37. The van der Waals surface area contributed by atoms with Crippen molar-refractivity contribution < 1.29 is 14.3 Å². The number of aryl methyl sites for hydroxylation is 1. The molecular weight excluding hydrogens is 366 g/mol. The fourth-order valence-corrected chi connectivity index (χ4v) is 3.13. The number of nitrogens with zero attached hydrogens (tertiary/aromatic N) is 2. The van der Waals surface area contributed by atoms with Crippen LogP contribution >= 0.6 is 11.3 Å². The molecule has 0 bridgehead atoms. The second-order valence-corrected chi connectivity index (χ2v) is 6.97. The van der Waals surface area contributed by atoms with E-state index in [0.29, 0.717) is 29.2 Å². The van der Waals surface area contributed by atoms with E-state index < -0.39 is 5.97 Å². The predicted octanol–water partition coefficient (Wildman–Crippen LogP) is 2.32. The van der Waals surface area contributed by atoms with Crippen molar-refractivity contribution in [2.75, 3.05) is 6.54 Å². The summed E-state index contributed by atoms with van der Waals surface area (Å²) in [4.78, 5) is 40.7. The summed E-state index contributed by atoms with van der Waals surface area (Å²) in [6, 6.07) is 8.53. The first-order chi connectivity index (χ1) is 13.0. The second kappa shape index (κ2) is 8.59. The first kappa shape index (κ1) is 18.8. The van der Waals surface area contributed by atoms with Gasteiger partial charge in [-0.15, -0.1) is 11.3 Å². The lowest BCUT2D eigenvalue weighted by Crippen LogP contribution is -2.24. The van der Waals surface area contributed by atoms with Crippen LogP contribution < -0.4 is 10.9 Å². The molecule has 0 aliphatic rings. The highest BCUT2D eigenvalue weighted by molar-refractivity contribution is 7.12. The molecule has 1 N–H and O–H groups in total. The average Bonchev–Trinajstić information content (AvgIpc) is 3.19. The van der Waals surface area contributed by atoms with Gasteiger partial charge in [-0.1, -0.05) is 12.1 Å². The van der Waals surface area contributed by atoms with Gasteiger partial charge < -0.3 is 10.1 Å². The largest absolute Gasteiger partial charge is 0.459 e. The molecule has 8 heteroatoms. The van der Waals surface area contributed by atoms with Gasteiger partial charge in [0.15, 0.2) is 0 Å². The molecule has 0 radical (unpaired) electrons. The summed E-state index contributed by atoms with van der Waals surface area (Å²) in [5.41, 5.74) is 1.65. The van der Waals surface area contributed by atoms with Crippen LogP contribution in [0, 0.1) is 6.92 Å². The molecule has 140 valence electrons. The predicted molar refractivity (Wildman–Crippen MR) is 102 cm³/mol. The molecule has 0 aliphatic carbocycles. The molecule has 27 heavy (non-hydrogen) atoms. The van der Waals surface area contributed by atoms with Gasteiger partial charge >= 0.3 is 5.97 Å². The van der Waals surface area contributed by atoms with Gasteiger partial charge in [0.1, 0.15) is 12.3 Å². The van der Waals surface area contributed by atoms with Gasteiger partial charge in [0.2, 0.25) is 0 Å². The molecule has 0 saturated heterocycles. The van der Waals surface area contributed by atoms with Crippen LogP contribution in [0.4, 0.5) is 0 Å². The minimum atomic E-state index is -0.397. The molecule has 0 atom stereocenters. The van der Waals surface area contributed by atoms with Crippen LogP contribution in [0.2, 0.25) is 0 Å². The number of hydrogen-bond donors (Lipinski definition) is 1. The molecular formula is C19H19N3O4S. The first-order valence-corrected chi connectivity index (χ1v) is 9.37. The van der Waals surface area contributed by atoms with Gasteiger partial charge in [-0.3, -0.25) is 18.8 Å². The van der Waals surface area contributed by atoms with E-state index >= 15 is 0 Å². The zero-order chi connectivity index (χ0) is 19.2. The minimum absolute atomic E-state index is 0.0556. The Morgan fingerprint density at radius 2 is 2.15 bits per heavy atom. The van der Waals surface area contributed by atoms with Gasteiger partial charge in [0.25, 0.3) is 11.5 Å². The van der Waals surface area contributed by atoms with E-state index in [1.54, 1.807) is 18.3 Å². The molecule has 0 unspecified atom stereocenters. The van der Waals surface area contributed by atoms with E-state index in [9.17, 15) is 14.4 Å². The van der Waals surface area contributed by atoms with Crippen LogP contribution in [0.3, 0.4) is 0 Å². The Balaban J connectivity index is 1.45. The number of hydrogen-bond acceptors (Lipinski definition) is 6. The van der Waals surface area contributed by atoms with Crippen LogP contribution in [0.5, 0.6) is 0 Å². The Bertz CT molecular complexity index is 1010. The van der Waals surface area contributed by atoms with Crippen LogP contribution in [0.25, 0.3) is 5.65 Å². The lowest BCUT2D eigenvalue weighted by atomic mass is 10.3. The van der Waals surface area contributed by atoms with Crippen molar-refractivity contribution in [1.29, 1.82) is 0 Å². The Labute approximate surface area is 159 Å². The molecule has 0 saturated carbocycles. The molecule has 0 spiro atoms. The molecule has 3 rings (SSSR count). The summed E-state index contributed by atoms with van der Waals surface area (Å²) in [6.45, 7) is 2.23. The molecule has 1 amide bonds. The number of thiophene rings is 1. The zero-order valence-corrected chi connectivity index (χ0v) is 15.6. The van der Waals surface area contributed by atoms with E-state index in [2.05, 4.69) is 10.3 Å². The summed E-state index contributed by atoms with van der Waals surface area (Å²) in [7, 11) is 0. The molecule has 0 fully saturated rings. The van der Waals surface area contributed by atoms with Crippen molar-refractivity contribution in [3.05, 3.63) is 68.4 Å². The van der Waals surface area contributed by atoms with Crippen molar-refractivity contribution in [3.8, 4) is 0 Å². The number of carbonyl (C=O) groups excluding carboxylic acids is 2. The number of esters is 1. The van der Waals surface area contributed by atoms with Crippen LogP contribution in [-0.2, 0) is 16.1 Å². The minimum Gasteiger partial charge on any atom is -0.459 e. The highest BCUT2D eigenvalue weighted by Crippen LogP contribution is 2.08. The van der Waals surface area contributed by atoms with E-state index in [4.69, 9.17) is 4.74 Å². The average molecular weight is 385 g/mol. The topological polar surface area (TPSA) is 89.8 Å². The van der Waals surface area contributed by atoms with Crippen molar-refractivity contribution in [3.63, 3.8) is 0 Å². The fraction of sp³-hybridized carbons (Fsp3) is 0.263. The monoisotopic (exact) mass is 385 g/mol. The summed E-state index contributed by atoms with van der Waals surface area (Å²) < 4.78 is 6.63. The molecule has 3 aromatic rings. The Morgan fingerprint density at radius 1 is 1.30 bits per heavy atom. The smallest absolute Gasteiger partial charge is 0.306 e. The van der Waals surface area contributed by atoms with E-state index in [1.165, 1.54) is 21.8 Å². The second-order valence-electron chi connectivity index (χ2n) is 6.02. The summed E-state index contributed by atoms with van der Waals surface area (Å²) in [5.74, 6) is -0.541. The van der Waals surface area contributed by atoms with Crippen LogP contribution in [0.15, 0.2) is 46.7 Å². The Hall–Kier alpha value is -3.00. The SMILES string of the molecule is Cc1ccc2nc(COC(=O)CCCNC(=O)c3cccs3)cc(=O)n2c1. The summed E-state index contributed by atoms with van der Waals surface area (Å²) in [5, 5.41) is 4.59. The van der Waals surface area contributed by atoms with Crippen LogP contribution in [0.1, 0.15) is 33.8 Å². The van der Waals surface area contributed by atoms with Gasteiger partial charge in [-0.2, -0.15) is 0 Å². The number of nitrogens with one attached hydrogen (secondary N) is 1. The maximum absolute atomic E-state index is 12.1. The standard InChI is InChI=1S/C19H19N3O4S/c1-13-6-7-16-21-14(10-17(23)22(16)11-13)12-26-18(24)5-2-8-20-19(25)15-4-3-9-27-15/h3-4,6-7,9-11H,2,5,8,12H2,1H3,(H,20,25). The van der Waals surface area contributed by atoms with Gasteiger partial charge in [-0.25, -0.2) is 4.98 Å². The zero-order valence-electron chi connectivity index (χ0n) is 14.8. The van der Waals surface area contributed by atoms with E-state index in [1.807, 2.05) is 24.4 Å². The van der Waals surface area contributed by atoms with Crippen molar-refractivity contribution in [2.24, 2.45) is 0 Å². The molecule has 0 aliphatic heterocycles. The molecule has 7 nitrogen and oxygen atoms in total. The maximum Gasteiger partial charge on any atom is 0.306 e. The van der Waals surface area contributed by atoms with Crippen LogP contribution in [-0.4, -0.2) is 27.8 Å². The number of ether oxygens (including phenoxy) is 1. The third kappa shape index (κ3) is 5.01. The quantitative estimate of drug-likeness (QED) is 0.498. The van der Waals surface area contributed by atoms with Gasteiger partial charge in [0, 0.05) is 25.2 Å². The highest BCUT2D eigenvalue weighted by atomic mass is 32.1. The number of pyridine rings is 1. The third-order valence-corrected chi connectivity index (χ3v) is 4.70. The number of rotatable bonds is 7. The molecule has 3 heterocycles. The normalized spacial score (nSPS) is 10.7. The Morgan fingerprint density at radius 3 is 2.93 bits per heavy atom. The van der Waals surface area contributed by atoms with Gasteiger partial charge in [-0.05, 0) is 36.4 Å². The van der Waals surface area contributed by atoms with Crippen molar-refractivity contribution in [1.82, 2.24) is 14.7 Å². The summed E-state index contributed by atoms with van der Waals surface area (Å²) >= 11 is 1.37. The van der Waals surface area contributed by atoms with E-state index in [0.717, 1.165) is 5.56 Å². The fourth-order valence-electron chi connectivity index (χ4n) is 2.49. The number of fused-ring (bicyclic) bond motifs is 1. The number of aromatic nitrogens is 2. The van der Waals surface area contributed by atoms with Crippen molar-refractivity contribution in [2.45, 2.75) is 26.4 Å². The van der Waals surface area contributed by atoms with Crippen molar-refractivity contribution >= 4 is 28.9 Å². The molecule has 0 aromatic carbocycles. The highest BCUT2D eigenvalue weighted by Gasteiger charge is 2.09. The first-order valence-electron chi connectivity index (χ1n) is 8.49. The molecule has 3 aromatic heterocycles. The third-order valence-electron chi connectivity index (χ3n) is 3.83. The number of amides is 1. The van der Waals surface area contributed by atoms with E-state index in [-0.39, 0.29) is 24.5 Å². The maximum atomic E-state index is 12.1. The number of carbonyl (C=O) groups is 2. The lowest BCUT2D eigenvalue weighted by Gasteiger charge is -2.07. The van der Waals surface area contributed by atoms with Gasteiger partial charge in [0.05, 0.1) is 10.6 Å². The Kier molecular flexibility index (Phi) is 5.97. The lowest BCUT2D eigenvalue weighted by molar-refractivity contribution is -0.145.